The third-order valence-corrected chi connectivity index (χ3v) is 7.70. The molecule has 1 heterocycles. The number of hydrogen-bond donors (Lipinski definition) is 2. The summed E-state index contributed by atoms with van der Waals surface area (Å²) >= 11 is 0. The van der Waals surface area contributed by atoms with E-state index in [2.05, 4.69) is 36.3 Å². The second-order valence-corrected chi connectivity index (χ2v) is 9.93. The van der Waals surface area contributed by atoms with E-state index < -0.39 is 0 Å². The van der Waals surface area contributed by atoms with Gasteiger partial charge in [-0.1, -0.05) is 67.5 Å². The smallest absolute Gasteiger partial charge is 0.248 e. The largest absolute Gasteiger partial charge is 0.487 e. The van der Waals surface area contributed by atoms with E-state index in [1.807, 2.05) is 42.5 Å². The van der Waals surface area contributed by atoms with Crippen LogP contribution >= 0.6 is 0 Å². The summed E-state index contributed by atoms with van der Waals surface area (Å²) < 4.78 is 6.09. The first-order chi connectivity index (χ1) is 17.1. The molecule has 3 aromatic rings. The molecule has 182 valence electrons. The molecular formula is C31H36N2O2. The molecule has 2 aromatic carbocycles. The molecule has 0 spiro atoms. The number of pyridine rings is 1. The molecule has 0 amide bonds. The van der Waals surface area contributed by atoms with Crippen molar-refractivity contribution in [3.8, 4) is 5.75 Å². The molecule has 0 saturated carbocycles. The number of benzene rings is 2. The van der Waals surface area contributed by atoms with Crippen molar-refractivity contribution in [1.82, 2.24) is 10.3 Å². The van der Waals surface area contributed by atoms with Crippen LogP contribution in [0.3, 0.4) is 0 Å². The van der Waals surface area contributed by atoms with Gasteiger partial charge in [0, 0.05) is 17.5 Å². The molecule has 0 bridgehead atoms. The van der Waals surface area contributed by atoms with Gasteiger partial charge in [-0.15, -0.1) is 0 Å². The van der Waals surface area contributed by atoms with Crippen LogP contribution in [0.15, 0.2) is 82.2 Å². The third-order valence-electron chi connectivity index (χ3n) is 7.70. The molecule has 0 aliphatic heterocycles. The summed E-state index contributed by atoms with van der Waals surface area (Å²) in [5, 5.41) is 4.87. The first-order valence-electron chi connectivity index (χ1n) is 13.1. The molecule has 2 unspecified atom stereocenters. The Balaban J connectivity index is 1.23. The van der Waals surface area contributed by atoms with Crippen LogP contribution in [0.1, 0.15) is 57.1 Å². The van der Waals surface area contributed by atoms with Gasteiger partial charge in [-0.3, -0.25) is 4.79 Å². The highest BCUT2D eigenvalue weighted by atomic mass is 16.5. The fourth-order valence-electron chi connectivity index (χ4n) is 5.77. The minimum atomic E-state index is -0.107. The van der Waals surface area contributed by atoms with Gasteiger partial charge in [0.05, 0.1) is 5.52 Å². The molecule has 4 heteroatoms. The lowest BCUT2D eigenvalue weighted by Gasteiger charge is -2.24. The van der Waals surface area contributed by atoms with Crippen molar-refractivity contribution >= 4 is 10.9 Å². The number of nitrogens with one attached hydrogen (secondary N) is 2. The van der Waals surface area contributed by atoms with Crippen LogP contribution in [0, 0.1) is 5.92 Å². The number of rotatable bonds is 9. The Labute approximate surface area is 208 Å². The number of H-pyrrole nitrogens is 1. The molecule has 0 fully saturated rings. The van der Waals surface area contributed by atoms with Gasteiger partial charge in [-0.05, 0) is 79.8 Å². The predicted octanol–water partition coefficient (Wildman–Crippen LogP) is 6.46. The molecule has 1 aromatic heterocycles. The summed E-state index contributed by atoms with van der Waals surface area (Å²) in [5.41, 5.74) is 7.91. The second kappa shape index (κ2) is 10.7. The van der Waals surface area contributed by atoms with E-state index >= 15 is 0 Å². The third kappa shape index (κ3) is 5.28. The van der Waals surface area contributed by atoms with Crippen molar-refractivity contribution in [3.05, 3.63) is 98.9 Å². The first-order valence-corrected chi connectivity index (χ1v) is 13.1. The fraction of sp³-hybridized carbons (Fsp3) is 0.387. The molecule has 35 heavy (non-hydrogen) atoms. The maximum atomic E-state index is 12.1. The van der Waals surface area contributed by atoms with Crippen LogP contribution in [0.25, 0.3) is 10.9 Å². The predicted molar refractivity (Wildman–Crippen MR) is 144 cm³/mol. The van der Waals surface area contributed by atoms with Gasteiger partial charge >= 0.3 is 0 Å². The van der Waals surface area contributed by atoms with Crippen molar-refractivity contribution in [1.29, 1.82) is 0 Å². The summed E-state index contributed by atoms with van der Waals surface area (Å²) in [6.45, 7) is 6.01. The van der Waals surface area contributed by atoms with Gasteiger partial charge < -0.3 is 15.0 Å². The summed E-state index contributed by atoms with van der Waals surface area (Å²) in [5.74, 6) is 1.46. The monoisotopic (exact) mass is 468 g/mol. The molecule has 4 nitrogen and oxygen atoms in total. The van der Waals surface area contributed by atoms with Crippen LogP contribution in [0.4, 0.5) is 0 Å². The van der Waals surface area contributed by atoms with E-state index in [0.717, 1.165) is 47.5 Å². The van der Waals surface area contributed by atoms with Crippen LogP contribution in [-0.2, 0) is 13.0 Å². The lowest BCUT2D eigenvalue weighted by Crippen LogP contribution is -2.29. The van der Waals surface area contributed by atoms with E-state index in [9.17, 15) is 4.79 Å². The summed E-state index contributed by atoms with van der Waals surface area (Å²) in [4.78, 5) is 15.1. The number of hydrogen-bond acceptors (Lipinski definition) is 3. The van der Waals surface area contributed by atoms with E-state index in [4.69, 9.17) is 4.74 Å². The van der Waals surface area contributed by atoms with E-state index in [1.165, 1.54) is 31.2 Å². The zero-order chi connectivity index (χ0) is 24.2. The first kappa shape index (κ1) is 23.6. The summed E-state index contributed by atoms with van der Waals surface area (Å²) in [6.07, 6.45) is 9.42. The van der Waals surface area contributed by atoms with Crippen molar-refractivity contribution in [2.24, 2.45) is 5.92 Å². The van der Waals surface area contributed by atoms with Gasteiger partial charge in [-0.25, -0.2) is 0 Å². The topological polar surface area (TPSA) is 54.1 Å². The minimum Gasteiger partial charge on any atom is -0.487 e. The standard InChI is InChI=1S/C31H36N2O2/c1-3-22-16-25-18-27(19-26(25)17-23(22)4-2)32-15-14-24-10-12-29(31-28(24)11-13-30(34)33-31)35-20-21-8-6-5-7-9-21/h5-13,16,23,27,32H,3-4,14-15,17-20H2,1-2H3,(H,33,34). The van der Waals surface area contributed by atoms with Crippen molar-refractivity contribution in [2.45, 2.75) is 65.0 Å². The normalized spacial score (nSPS) is 19.7. The Bertz CT molecular complexity index is 1300. The van der Waals surface area contributed by atoms with Crippen molar-refractivity contribution in [2.75, 3.05) is 6.54 Å². The van der Waals surface area contributed by atoms with Gasteiger partial charge in [-0.2, -0.15) is 0 Å². The highest BCUT2D eigenvalue weighted by molar-refractivity contribution is 5.87. The number of aromatic amines is 1. The highest BCUT2D eigenvalue weighted by Gasteiger charge is 2.28. The molecule has 2 aliphatic carbocycles. The Morgan fingerprint density at radius 1 is 1.00 bits per heavy atom. The van der Waals surface area contributed by atoms with Crippen molar-refractivity contribution in [3.63, 3.8) is 0 Å². The SMILES string of the molecule is CCC1=CC2=C(CC(NCCc3ccc(OCc4ccccc4)c4[nH]c(=O)ccc34)C2)CC1CC. The fourth-order valence-corrected chi connectivity index (χ4v) is 5.77. The van der Waals surface area contributed by atoms with Crippen LogP contribution in [-0.4, -0.2) is 17.6 Å². The molecule has 0 saturated heterocycles. The highest BCUT2D eigenvalue weighted by Crippen LogP contribution is 2.41. The molecule has 2 N–H and O–H groups in total. The summed E-state index contributed by atoms with van der Waals surface area (Å²) in [6, 6.07) is 18.3. The average molecular weight is 469 g/mol. The minimum absolute atomic E-state index is 0.107. The quantitative estimate of drug-likeness (QED) is 0.379. The Kier molecular flexibility index (Phi) is 7.19. The lowest BCUT2D eigenvalue weighted by molar-refractivity contribution is 0.309. The van der Waals surface area contributed by atoms with E-state index in [-0.39, 0.29) is 5.56 Å². The van der Waals surface area contributed by atoms with Crippen LogP contribution in [0.2, 0.25) is 0 Å². The molecule has 5 rings (SSSR count). The molecular weight excluding hydrogens is 432 g/mol. The maximum absolute atomic E-state index is 12.1. The zero-order valence-corrected chi connectivity index (χ0v) is 20.9. The number of aromatic nitrogens is 1. The van der Waals surface area contributed by atoms with Gasteiger partial charge in [0.25, 0.3) is 0 Å². The van der Waals surface area contributed by atoms with Crippen molar-refractivity contribution < 1.29 is 4.74 Å². The van der Waals surface area contributed by atoms with E-state index in [1.54, 1.807) is 22.8 Å². The summed E-state index contributed by atoms with van der Waals surface area (Å²) in [7, 11) is 0. The van der Waals surface area contributed by atoms with Crippen LogP contribution in [0.5, 0.6) is 5.75 Å². The van der Waals surface area contributed by atoms with Gasteiger partial charge in [0.2, 0.25) is 5.56 Å². The molecule has 0 radical (unpaired) electrons. The van der Waals surface area contributed by atoms with E-state index in [0.29, 0.717) is 12.6 Å². The second-order valence-electron chi connectivity index (χ2n) is 9.93. The Hall–Kier alpha value is -3.11. The lowest BCUT2D eigenvalue weighted by atomic mass is 9.82. The average Bonchev–Trinajstić information content (AvgIpc) is 3.29. The van der Waals surface area contributed by atoms with Gasteiger partial charge in [0.15, 0.2) is 0 Å². The molecule has 2 aliphatic rings. The number of ether oxygens (including phenoxy) is 1. The number of fused-ring (bicyclic) bond motifs is 1. The Morgan fingerprint density at radius 2 is 1.86 bits per heavy atom. The molecule has 2 atom stereocenters. The number of allylic oxidation sites excluding steroid dienone is 2. The Morgan fingerprint density at radius 3 is 2.66 bits per heavy atom. The van der Waals surface area contributed by atoms with Gasteiger partial charge in [0.1, 0.15) is 12.4 Å². The zero-order valence-electron chi connectivity index (χ0n) is 20.9. The van der Waals surface area contributed by atoms with Crippen LogP contribution < -0.4 is 15.6 Å². The maximum Gasteiger partial charge on any atom is 0.248 e.